The molecule has 5 rings (SSSR count). The van der Waals surface area contributed by atoms with E-state index in [0.717, 1.165) is 64.3 Å². The zero-order chi connectivity index (χ0) is 21.4. The Hall–Kier alpha value is -2.66. The highest BCUT2D eigenvalue weighted by atomic mass is 35.5. The third kappa shape index (κ3) is 3.87. The van der Waals surface area contributed by atoms with E-state index in [1.807, 2.05) is 37.3 Å². The predicted octanol–water partition coefficient (Wildman–Crippen LogP) is 6.76. The summed E-state index contributed by atoms with van der Waals surface area (Å²) in [5.74, 6) is 0.869. The second kappa shape index (κ2) is 8.46. The van der Waals surface area contributed by atoms with E-state index in [1.165, 1.54) is 12.8 Å². The van der Waals surface area contributed by atoms with Gasteiger partial charge in [-0.05, 0) is 75.3 Å². The summed E-state index contributed by atoms with van der Waals surface area (Å²) in [6, 6.07) is 14.7. The Morgan fingerprint density at radius 1 is 1.10 bits per heavy atom. The van der Waals surface area contributed by atoms with Crippen LogP contribution in [0.1, 0.15) is 51.5 Å². The zero-order valence-electron chi connectivity index (χ0n) is 17.8. The van der Waals surface area contributed by atoms with Crippen molar-refractivity contribution in [3.05, 3.63) is 47.5 Å². The number of urea groups is 1. The molecule has 2 aliphatic rings. The number of anilines is 1. The second-order valence-electron chi connectivity index (χ2n) is 8.53. The lowest BCUT2D eigenvalue weighted by atomic mass is 9.92. The summed E-state index contributed by atoms with van der Waals surface area (Å²) >= 11 is 6.91. The number of rotatable bonds is 6. The molecule has 0 atom stereocenters. The van der Waals surface area contributed by atoms with E-state index in [-0.39, 0.29) is 6.03 Å². The van der Waals surface area contributed by atoms with Crippen LogP contribution in [0.5, 0.6) is 5.75 Å². The smallest absolute Gasteiger partial charge is 0.319 e. The molecule has 5 nitrogen and oxygen atoms in total. The molecule has 0 bridgehead atoms. The van der Waals surface area contributed by atoms with E-state index in [4.69, 9.17) is 16.3 Å². The van der Waals surface area contributed by atoms with Crippen molar-refractivity contribution in [2.24, 2.45) is 0 Å². The summed E-state index contributed by atoms with van der Waals surface area (Å²) < 4.78 is 8.13. The molecule has 2 N–H and O–H groups in total. The summed E-state index contributed by atoms with van der Waals surface area (Å²) in [6.07, 6.45) is 6.90. The minimum absolute atomic E-state index is 0.137. The molecule has 3 aromatic rings. The van der Waals surface area contributed by atoms with Gasteiger partial charge in [-0.3, -0.25) is 0 Å². The van der Waals surface area contributed by atoms with Crippen LogP contribution in [0.2, 0.25) is 5.02 Å². The number of amides is 2. The second-order valence-corrected chi connectivity index (χ2v) is 8.91. The Kier molecular flexibility index (Phi) is 5.53. The van der Waals surface area contributed by atoms with E-state index in [1.54, 1.807) is 0 Å². The first kappa shape index (κ1) is 20.3. The van der Waals surface area contributed by atoms with Crippen molar-refractivity contribution in [2.45, 2.75) is 57.5 Å². The van der Waals surface area contributed by atoms with Gasteiger partial charge in [-0.15, -0.1) is 0 Å². The molecule has 162 valence electrons. The van der Waals surface area contributed by atoms with Gasteiger partial charge in [0, 0.05) is 29.2 Å². The van der Waals surface area contributed by atoms with Gasteiger partial charge in [0.2, 0.25) is 0 Å². The SMILES string of the molecule is CCOc1ccc2c(Cl)c(-c3ccc(NC(=O)NC4CCC4)cc3)n(C3CCC3)c2c1. The Labute approximate surface area is 187 Å². The van der Waals surface area contributed by atoms with Gasteiger partial charge in [-0.2, -0.15) is 0 Å². The van der Waals surface area contributed by atoms with Gasteiger partial charge in [0.15, 0.2) is 0 Å². The highest BCUT2D eigenvalue weighted by molar-refractivity contribution is 6.38. The first-order valence-electron chi connectivity index (χ1n) is 11.3. The third-order valence-corrected chi connectivity index (χ3v) is 6.90. The molecule has 2 fully saturated rings. The largest absolute Gasteiger partial charge is 0.494 e. The van der Waals surface area contributed by atoms with Gasteiger partial charge in [0.25, 0.3) is 0 Å². The van der Waals surface area contributed by atoms with Crippen LogP contribution < -0.4 is 15.4 Å². The average Bonchev–Trinajstić information content (AvgIpc) is 2.97. The molecule has 2 aliphatic carbocycles. The summed E-state index contributed by atoms with van der Waals surface area (Å²) in [6.45, 7) is 2.63. The maximum absolute atomic E-state index is 12.2. The van der Waals surface area contributed by atoms with Crippen LogP contribution in [0.15, 0.2) is 42.5 Å². The van der Waals surface area contributed by atoms with Crippen molar-refractivity contribution >= 4 is 34.2 Å². The average molecular weight is 438 g/mol. The number of hydrogen-bond acceptors (Lipinski definition) is 2. The van der Waals surface area contributed by atoms with Crippen LogP contribution in [0.25, 0.3) is 22.2 Å². The van der Waals surface area contributed by atoms with Crippen molar-refractivity contribution in [2.75, 3.05) is 11.9 Å². The van der Waals surface area contributed by atoms with Crippen LogP contribution in [-0.4, -0.2) is 23.2 Å². The fourth-order valence-electron chi connectivity index (χ4n) is 4.41. The van der Waals surface area contributed by atoms with Crippen LogP contribution in [0, 0.1) is 0 Å². The monoisotopic (exact) mass is 437 g/mol. The zero-order valence-corrected chi connectivity index (χ0v) is 18.5. The number of benzene rings is 2. The number of halogens is 1. The van der Waals surface area contributed by atoms with E-state index in [2.05, 4.69) is 27.3 Å². The van der Waals surface area contributed by atoms with Crippen molar-refractivity contribution in [3.8, 4) is 17.0 Å². The quantitative estimate of drug-likeness (QED) is 0.447. The Morgan fingerprint density at radius 2 is 1.84 bits per heavy atom. The Balaban J connectivity index is 1.47. The van der Waals surface area contributed by atoms with Gasteiger partial charge in [0.05, 0.1) is 22.8 Å². The molecular formula is C25H28ClN3O2. The van der Waals surface area contributed by atoms with Gasteiger partial charge in [0.1, 0.15) is 5.75 Å². The summed E-state index contributed by atoms with van der Waals surface area (Å²) in [7, 11) is 0. The number of hydrogen-bond donors (Lipinski definition) is 2. The van der Waals surface area contributed by atoms with E-state index in [9.17, 15) is 4.79 Å². The number of aromatic nitrogens is 1. The lowest BCUT2D eigenvalue weighted by molar-refractivity contribution is 0.240. The molecule has 2 aromatic carbocycles. The third-order valence-electron chi connectivity index (χ3n) is 6.52. The van der Waals surface area contributed by atoms with Crippen LogP contribution in [0.3, 0.4) is 0 Å². The molecule has 2 saturated carbocycles. The number of fused-ring (bicyclic) bond motifs is 1. The van der Waals surface area contributed by atoms with Gasteiger partial charge < -0.3 is 19.9 Å². The highest BCUT2D eigenvalue weighted by Gasteiger charge is 2.27. The molecule has 0 aliphatic heterocycles. The van der Waals surface area contributed by atoms with Crippen LogP contribution in [-0.2, 0) is 0 Å². The lowest BCUT2D eigenvalue weighted by Gasteiger charge is -2.30. The minimum atomic E-state index is -0.137. The molecule has 0 radical (unpaired) electrons. The predicted molar refractivity (Wildman–Crippen MR) is 126 cm³/mol. The number of nitrogens with zero attached hydrogens (tertiary/aromatic N) is 1. The minimum Gasteiger partial charge on any atom is -0.494 e. The first-order chi connectivity index (χ1) is 15.1. The molecule has 0 saturated heterocycles. The van der Waals surface area contributed by atoms with Crippen molar-refractivity contribution in [1.82, 2.24) is 9.88 Å². The molecule has 0 spiro atoms. The lowest BCUT2D eigenvalue weighted by Crippen LogP contribution is -2.41. The number of carbonyl (C=O) groups excluding carboxylic acids is 1. The summed E-state index contributed by atoms with van der Waals surface area (Å²) in [5, 5.41) is 7.76. The topological polar surface area (TPSA) is 55.3 Å². The molecule has 1 heterocycles. The van der Waals surface area contributed by atoms with E-state index in [0.29, 0.717) is 18.7 Å². The Bertz CT molecular complexity index is 1100. The summed E-state index contributed by atoms with van der Waals surface area (Å²) in [5.41, 5.74) is 4.00. The fourth-order valence-corrected chi connectivity index (χ4v) is 4.77. The van der Waals surface area contributed by atoms with Gasteiger partial charge >= 0.3 is 6.03 Å². The maximum atomic E-state index is 12.2. The van der Waals surface area contributed by atoms with E-state index < -0.39 is 0 Å². The maximum Gasteiger partial charge on any atom is 0.319 e. The van der Waals surface area contributed by atoms with Gasteiger partial charge in [-0.1, -0.05) is 23.7 Å². The number of carbonyl (C=O) groups is 1. The highest BCUT2D eigenvalue weighted by Crippen LogP contribution is 2.45. The number of ether oxygens (including phenoxy) is 1. The fraction of sp³-hybridized carbons (Fsp3) is 0.400. The van der Waals surface area contributed by atoms with Crippen molar-refractivity contribution < 1.29 is 9.53 Å². The standard InChI is InChI=1S/C25H28ClN3O2/c1-2-31-20-13-14-21-22(15-20)29(19-7-4-8-19)24(23(21)26)16-9-11-18(12-10-16)28-25(30)27-17-5-3-6-17/h9-15,17,19H,2-8H2,1H3,(H2,27,28,30). The number of nitrogens with one attached hydrogen (secondary N) is 2. The Morgan fingerprint density at radius 3 is 2.45 bits per heavy atom. The molecule has 31 heavy (non-hydrogen) atoms. The molecule has 1 aromatic heterocycles. The van der Waals surface area contributed by atoms with Crippen LogP contribution in [0.4, 0.5) is 10.5 Å². The van der Waals surface area contributed by atoms with Crippen molar-refractivity contribution in [3.63, 3.8) is 0 Å². The summed E-state index contributed by atoms with van der Waals surface area (Å²) in [4.78, 5) is 12.2. The first-order valence-corrected chi connectivity index (χ1v) is 11.7. The van der Waals surface area contributed by atoms with Crippen molar-refractivity contribution in [1.29, 1.82) is 0 Å². The molecule has 2 amide bonds. The van der Waals surface area contributed by atoms with Gasteiger partial charge in [-0.25, -0.2) is 4.79 Å². The normalized spacial score (nSPS) is 16.6. The molecular weight excluding hydrogens is 410 g/mol. The van der Waals surface area contributed by atoms with E-state index >= 15 is 0 Å². The van der Waals surface area contributed by atoms with Crippen LogP contribution >= 0.6 is 11.6 Å². The molecule has 0 unspecified atom stereocenters. The molecule has 6 heteroatoms.